The number of carbonyl (C=O) groups is 2. The minimum absolute atomic E-state index is 0.356. The van der Waals surface area contributed by atoms with Gasteiger partial charge in [-0.1, -0.05) is 6.07 Å². The lowest BCUT2D eigenvalue weighted by Crippen LogP contribution is -2.11. The molecule has 4 heteroatoms. The van der Waals surface area contributed by atoms with Crippen molar-refractivity contribution in [3.63, 3.8) is 0 Å². The fourth-order valence-corrected chi connectivity index (χ4v) is 2.20. The summed E-state index contributed by atoms with van der Waals surface area (Å²) in [4.78, 5) is 22.8. The Kier molecular flexibility index (Phi) is 3.69. The van der Waals surface area contributed by atoms with Crippen molar-refractivity contribution in [2.24, 2.45) is 0 Å². The molecule has 0 fully saturated rings. The third-order valence-corrected chi connectivity index (χ3v) is 3.18. The number of fused-ring (bicyclic) bond motifs is 1. The van der Waals surface area contributed by atoms with Crippen LogP contribution in [0.2, 0.25) is 0 Å². The number of benzene rings is 1. The summed E-state index contributed by atoms with van der Waals surface area (Å²) in [6.45, 7) is 3.31. The summed E-state index contributed by atoms with van der Waals surface area (Å²) < 4.78 is 9.99. The monoisotopic (exact) mass is 260 g/mol. The quantitative estimate of drug-likeness (QED) is 0.767. The van der Waals surface area contributed by atoms with Gasteiger partial charge >= 0.3 is 11.9 Å². The predicted molar refractivity (Wildman–Crippen MR) is 70.5 cm³/mol. The van der Waals surface area contributed by atoms with Crippen molar-refractivity contribution in [3.8, 4) is 0 Å². The Balaban J connectivity index is 2.49. The van der Waals surface area contributed by atoms with Crippen LogP contribution in [0.25, 0.3) is 5.76 Å². The van der Waals surface area contributed by atoms with E-state index in [0.717, 1.165) is 29.5 Å². The second-order valence-corrected chi connectivity index (χ2v) is 4.57. The topological polar surface area (TPSA) is 52.6 Å². The van der Waals surface area contributed by atoms with Gasteiger partial charge in [-0.2, -0.15) is 0 Å². The largest absolute Gasteiger partial charge is 0.465 e. The van der Waals surface area contributed by atoms with Crippen LogP contribution in [0.15, 0.2) is 23.8 Å². The first-order valence-electron chi connectivity index (χ1n) is 6.12. The summed E-state index contributed by atoms with van der Waals surface area (Å²) >= 11 is 0. The van der Waals surface area contributed by atoms with Gasteiger partial charge in [0, 0.05) is 12.5 Å². The van der Waals surface area contributed by atoms with Gasteiger partial charge in [-0.25, -0.2) is 4.79 Å². The van der Waals surface area contributed by atoms with E-state index in [4.69, 9.17) is 9.47 Å². The van der Waals surface area contributed by atoms with E-state index in [9.17, 15) is 9.59 Å². The van der Waals surface area contributed by atoms with Crippen molar-refractivity contribution in [3.05, 3.63) is 40.5 Å². The van der Waals surface area contributed by atoms with Crippen molar-refractivity contribution in [1.29, 1.82) is 0 Å². The van der Waals surface area contributed by atoms with E-state index in [1.165, 1.54) is 14.0 Å². The molecule has 0 N–H and O–H groups in total. The van der Waals surface area contributed by atoms with Crippen LogP contribution in [0.3, 0.4) is 0 Å². The Morgan fingerprint density at radius 3 is 2.58 bits per heavy atom. The average Bonchev–Trinajstić information content (AvgIpc) is 2.40. The van der Waals surface area contributed by atoms with Crippen molar-refractivity contribution in [2.45, 2.75) is 26.7 Å². The third kappa shape index (κ3) is 2.67. The first-order valence-corrected chi connectivity index (χ1v) is 6.12. The second kappa shape index (κ2) is 5.26. The number of esters is 2. The number of hydrogen-bond donors (Lipinski definition) is 0. The van der Waals surface area contributed by atoms with E-state index in [0.29, 0.717) is 11.3 Å². The molecule has 0 saturated carbocycles. The maximum atomic E-state index is 11.6. The summed E-state index contributed by atoms with van der Waals surface area (Å²) in [7, 11) is 1.34. The lowest BCUT2D eigenvalue weighted by Gasteiger charge is -2.21. The number of allylic oxidation sites excluding steroid dienone is 1. The molecule has 0 spiro atoms. The number of rotatable bonds is 2. The van der Waals surface area contributed by atoms with Crippen LogP contribution in [0, 0.1) is 0 Å². The number of hydrogen-bond acceptors (Lipinski definition) is 4. The Morgan fingerprint density at radius 1 is 1.21 bits per heavy atom. The molecular formula is C15H16O4. The first-order chi connectivity index (χ1) is 9.02. The molecule has 4 nitrogen and oxygen atoms in total. The fraction of sp³-hybridized carbons (Fsp3) is 0.333. The molecule has 1 aromatic rings. The summed E-state index contributed by atoms with van der Waals surface area (Å²) in [5, 5.41) is 0. The maximum Gasteiger partial charge on any atom is 0.337 e. The number of carbonyl (C=O) groups excluding carboxylic acids is 2. The number of ether oxygens (including phenoxy) is 2. The Morgan fingerprint density at radius 2 is 1.95 bits per heavy atom. The molecule has 0 aromatic heterocycles. The van der Waals surface area contributed by atoms with E-state index >= 15 is 0 Å². The van der Waals surface area contributed by atoms with Gasteiger partial charge in [-0.3, -0.25) is 4.79 Å². The molecule has 1 aromatic carbocycles. The van der Waals surface area contributed by atoms with Crippen LogP contribution in [0.5, 0.6) is 0 Å². The smallest absolute Gasteiger partial charge is 0.337 e. The first kappa shape index (κ1) is 13.3. The second-order valence-electron chi connectivity index (χ2n) is 4.57. The molecule has 0 heterocycles. The van der Waals surface area contributed by atoms with Crippen LogP contribution in [0.1, 0.15) is 41.8 Å². The molecule has 0 aliphatic heterocycles. The van der Waals surface area contributed by atoms with Crippen LogP contribution in [-0.4, -0.2) is 19.0 Å². The SMILES string of the molecule is COC(=O)c1ccc2c(c1)C(OC(C)=O)=C(C)CC2. The summed E-state index contributed by atoms with van der Waals surface area (Å²) in [6.07, 6.45) is 1.74. The highest BCUT2D eigenvalue weighted by Gasteiger charge is 2.21. The molecule has 100 valence electrons. The summed E-state index contributed by atoms with van der Waals surface area (Å²) in [5.41, 5.74) is 3.36. The van der Waals surface area contributed by atoms with Gasteiger partial charge in [0.25, 0.3) is 0 Å². The molecule has 0 radical (unpaired) electrons. The van der Waals surface area contributed by atoms with Gasteiger partial charge in [0.15, 0.2) is 0 Å². The van der Waals surface area contributed by atoms with Crippen LogP contribution >= 0.6 is 0 Å². The zero-order valence-electron chi connectivity index (χ0n) is 11.3. The van der Waals surface area contributed by atoms with E-state index in [1.54, 1.807) is 12.1 Å². The highest BCUT2D eigenvalue weighted by atomic mass is 16.5. The minimum atomic E-state index is -0.395. The van der Waals surface area contributed by atoms with E-state index < -0.39 is 5.97 Å². The Bertz CT molecular complexity index is 570. The number of methoxy groups -OCH3 is 1. The zero-order chi connectivity index (χ0) is 14.0. The minimum Gasteiger partial charge on any atom is -0.465 e. The number of aryl methyl sites for hydroxylation is 1. The van der Waals surface area contributed by atoms with Gasteiger partial charge in [-0.15, -0.1) is 0 Å². The standard InChI is InChI=1S/C15H16O4/c1-9-4-5-11-6-7-12(15(17)18-3)8-13(11)14(9)19-10(2)16/h6-8H,4-5H2,1-3H3. The molecule has 0 atom stereocenters. The average molecular weight is 260 g/mol. The van der Waals surface area contributed by atoms with Crippen molar-refractivity contribution >= 4 is 17.7 Å². The molecule has 0 unspecified atom stereocenters. The lowest BCUT2D eigenvalue weighted by molar-refractivity contribution is -0.134. The molecule has 2 rings (SSSR count). The highest BCUT2D eigenvalue weighted by molar-refractivity contribution is 5.91. The molecule has 0 bridgehead atoms. The zero-order valence-corrected chi connectivity index (χ0v) is 11.3. The third-order valence-electron chi connectivity index (χ3n) is 3.18. The normalized spacial score (nSPS) is 13.8. The highest BCUT2D eigenvalue weighted by Crippen LogP contribution is 2.32. The predicted octanol–water partition coefficient (Wildman–Crippen LogP) is 2.71. The van der Waals surface area contributed by atoms with E-state index in [-0.39, 0.29) is 5.97 Å². The molecular weight excluding hydrogens is 244 g/mol. The van der Waals surface area contributed by atoms with Crippen molar-refractivity contribution in [1.82, 2.24) is 0 Å². The summed E-state index contributed by atoms with van der Waals surface area (Å²) in [5.74, 6) is -0.182. The molecule has 1 aliphatic rings. The Labute approximate surface area is 112 Å². The van der Waals surface area contributed by atoms with Gasteiger partial charge in [-0.05, 0) is 43.0 Å². The fourth-order valence-electron chi connectivity index (χ4n) is 2.20. The van der Waals surface area contributed by atoms with Crippen molar-refractivity contribution < 1.29 is 19.1 Å². The van der Waals surface area contributed by atoms with E-state index in [1.807, 2.05) is 13.0 Å². The van der Waals surface area contributed by atoms with Gasteiger partial charge in [0.1, 0.15) is 5.76 Å². The van der Waals surface area contributed by atoms with Gasteiger partial charge in [0.05, 0.1) is 12.7 Å². The van der Waals surface area contributed by atoms with Crippen LogP contribution < -0.4 is 0 Å². The Hall–Kier alpha value is -2.10. The van der Waals surface area contributed by atoms with Crippen LogP contribution in [0.4, 0.5) is 0 Å². The molecule has 19 heavy (non-hydrogen) atoms. The van der Waals surface area contributed by atoms with Crippen LogP contribution in [-0.2, 0) is 20.7 Å². The van der Waals surface area contributed by atoms with Gasteiger partial charge < -0.3 is 9.47 Å². The molecule has 0 saturated heterocycles. The lowest BCUT2D eigenvalue weighted by atomic mass is 9.90. The van der Waals surface area contributed by atoms with E-state index in [2.05, 4.69) is 0 Å². The maximum absolute atomic E-state index is 11.6. The van der Waals surface area contributed by atoms with Crippen molar-refractivity contribution in [2.75, 3.05) is 7.11 Å². The summed E-state index contributed by atoms with van der Waals surface area (Å²) in [6, 6.07) is 5.34. The molecule has 0 amide bonds. The molecule has 1 aliphatic carbocycles. The van der Waals surface area contributed by atoms with Gasteiger partial charge in [0.2, 0.25) is 0 Å².